The zero-order valence-electron chi connectivity index (χ0n) is 25.1. The number of likely N-dealkylation sites (N-methyl/N-ethyl adjacent to an activating group) is 1. The van der Waals surface area contributed by atoms with Crippen molar-refractivity contribution in [3.8, 4) is 5.75 Å². The number of hydrogen-bond donors (Lipinski definition) is 3. The highest BCUT2D eigenvalue weighted by atomic mass is 19.1. The predicted octanol–water partition coefficient (Wildman–Crippen LogP) is 5.11. The van der Waals surface area contributed by atoms with Crippen LogP contribution in [-0.4, -0.2) is 78.9 Å². The fourth-order valence-electron chi connectivity index (χ4n) is 4.83. The van der Waals surface area contributed by atoms with Gasteiger partial charge in [0.05, 0.1) is 17.7 Å². The van der Waals surface area contributed by atoms with Gasteiger partial charge in [0.1, 0.15) is 29.6 Å². The monoisotopic (exact) mass is 596 g/mol. The summed E-state index contributed by atoms with van der Waals surface area (Å²) in [5.74, 6) is -0.202. The molecule has 0 bridgehead atoms. The molecule has 1 aliphatic heterocycles. The summed E-state index contributed by atoms with van der Waals surface area (Å²) in [6.45, 7) is 7.89. The van der Waals surface area contributed by atoms with E-state index in [0.29, 0.717) is 29.4 Å². The number of urea groups is 2. The van der Waals surface area contributed by atoms with Crippen LogP contribution in [0.15, 0.2) is 47.0 Å². The van der Waals surface area contributed by atoms with Crippen LogP contribution in [0.5, 0.6) is 5.75 Å². The number of halogens is 1. The van der Waals surface area contributed by atoms with E-state index in [9.17, 15) is 18.8 Å². The zero-order chi connectivity index (χ0) is 31.3. The smallest absolute Gasteiger partial charge is 0.323 e. The SMILES string of the molecule is CO[C@@H]1CN(C)C(=O)c2ccc(NC(=O)Nc3cccc(F)c3)cc2OC[C@H](C)N(C(=O)Nc2c(C)noc2C)C[C@@H]1C. The average Bonchev–Trinajstić information content (AvgIpc) is 3.28. The van der Waals surface area contributed by atoms with Crippen LogP contribution in [0.25, 0.3) is 0 Å². The summed E-state index contributed by atoms with van der Waals surface area (Å²) in [5.41, 5.74) is 1.97. The van der Waals surface area contributed by atoms with Crippen molar-refractivity contribution < 1.29 is 32.8 Å². The lowest BCUT2D eigenvalue weighted by atomic mass is 10.0. The molecule has 0 spiro atoms. The lowest BCUT2D eigenvalue weighted by molar-refractivity contribution is 0.0174. The maximum absolute atomic E-state index is 13.6. The molecule has 4 rings (SSSR count). The third-order valence-corrected chi connectivity index (χ3v) is 7.31. The average molecular weight is 597 g/mol. The number of methoxy groups -OCH3 is 1. The number of ether oxygens (including phenoxy) is 2. The summed E-state index contributed by atoms with van der Waals surface area (Å²) >= 11 is 0. The number of nitrogens with zero attached hydrogens (tertiary/aromatic N) is 3. The minimum absolute atomic E-state index is 0.0440. The first-order valence-corrected chi connectivity index (χ1v) is 13.9. The van der Waals surface area contributed by atoms with E-state index in [1.165, 1.54) is 29.2 Å². The molecule has 1 aliphatic rings. The van der Waals surface area contributed by atoms with E-state index in [4.69, 9.17) is 14.0 Å². The molecular weight excluding hydrogens is 559 g/mol. The number of fused-ring (bicyclic) bond motifs is 1. The Morgan fingerprint density at radius 3 is 2.42 bits per heavy atom. The topological polar surface area (TPSA) is 138 Å². The minimum atomic E-state index is -0.602. The summed E-state index contributed by atoms with van der Waals surface area (Å²) in [6, 6.07) is 8.79. The highest BCUT2D eigenvalue weighted by Crippen LogP contribution is 2.28. The van der Waals surface area contributed by atoms with Gasteiger partial charge in [0.2, 0.25) is 0 Å². The number of hydrogen-bond acceptors (Lipinski definition) is 7. The van der Waals surface area contributed by atoms with Crippen molar-refractivity contribution in [2.75, 3.05) is 49.8 Å². The van der Waals surface area contributed by atoms with Crippen LogP contribution in [0.2, 0.25) is 0 Å². The number of benzene rings is 2. The first-order valence-electron chi connectivity index (χ1n) is 13.9. The molecular formula is C30H37FN6O6. The van der Waals surface area contributed by atoms with Gasteiger partial charge < -0.3 is 39.7 Å². The van der Waals surface area contributed by atoms with E-state index in [2.05, 4.69) is 21.1 Å². The van der Waals surface area contributed by atoms with Crippen LogP contribution in [0.4, 0.5) is 31.0 Å². The number of aromatic nitrogens is 1. The molecule has 0 saturated heterocycles. The standard InChI is InChI=1S/C30H37FN6O6/c1-17-14-37(30(40)34-27-19(3)35-43-20(27)4)18(2)16-42-25-13-23(33-29(39)32-22-9-7-8-21(31)12-22)10-11-24(25)28(38)36(5)15-26(17)41-6/h7-13,17-18,26H,14-16H2,1-6H3,(H,34,40)(H2,32,33,39)/t17-,18-,26+/m0/s1. The molecule has 0 saturated carbocycles. The maximum Gasteiger partial charge on any atom is 0.323 e. The van der Waals surface area contributed by atoms with Gasteiger partial charge in [-0.1, -0.05) is 18.1 Å². The highest BCUT2D eigenvalue weighted by Gasteiger charge is 2.31. The minimum Gasteiger partial charge on any atom is -0.491 e. The number of carbonyl (C=O) groups excluding carboxylic acids is 3. The summed E-state index contributed by atoms with van der Waals surface area (Å²) in [6.07, 6.45) is -0.369. The Kier molecular flexibility index (Phi) is 9.86. The van der Waals surface area contributed by atoms with Crippen LogP contribution in [0.3, 0.4) is 0 Å². The number of rotatable bonds is 4. The molecule has 3 aromatic rings. The van der Waals surface area contributed by atoms with Gasteiger partial charge in [0.25, 0.3) is 5.91 Å². The van der Waals surface area contributed by atoms with Crippen molar-refractivity contribution in [1.82, 2.24) is 15.0 Å². The molecule has 12 nitrogen and oxygen atoms in total. The van der Waals surface area contributed by atoms with Crippen molar-refractivity contribution in [2.45, 2.75) is 39.8 Å². The first kappa shape index (κ1) is 31.3. The van der Waals surface area contributed by atoms with Gasteiger partial charge in [-0.15, -0.1) is 0 Å². The summed E-state index contributed by atoms with van der Waals surface area (Å²) in [7, 11) is 3.24. The van der Waals surface area contributed by atoms with Gasteiger partial charge in [-0.05, 0) is 51.1 Å². The fraction of sp³-hybridized carbons (Fsp3) is 0.400. The van der Waals surface area contributed by atoms with Crippen molar-refractivity contribution in [3.05, 3.63) is 65.3 Å². The van der Waals surface area contributed by atoms with Gasteiger partial charge in [-0.3, -0.25) is 4.79 Å². The van der Waals surface area contributed by atoms with E-state index in [-0.39, 0.29) is 54.1 Å². The Morgan fingerprint density at radius 2 is 1.77 bits per heavy atom. The fourth-order valence-corrected chi connectivity index (χ4v) is 4.83. The molecule has 43 heavy (non-hydrogen) atoms. The summed E-state index contributed by atoms with van der Waals surface area (Å²) in [4.78, 5) is 42.8. The second kappa shape index (κ2) is 13.6. The number of aryl methyl sites for hydroxylation is 2. The van der Waals surface area contributed by atoms with Crippen LogP contribution in [0.1, 0.15) is 35.7 Å². The lowest BCUT2D eigenvalue weighted by Crippen LogP contribution is -2.50. The van der Waals surface area contributed by atoms with Crippen LogP contribution >= 0.6 is 0 Å². The van der Waals surface area contributed by atoms with E-state index >= 15 is 0 Å². The Bertz CT molecular complexity index is 1460. The predicted molar refractivity (Wildman–Crippen MR) is 159 cm³/mol. The van der Waals surface area contributed by atoms with Crippen LogP contribution in [-0.2, 0) is 4.74 Å². The van der Waals surface area contributed by atoms with E-state index in [0.717, 1.165) is 0 Å². The van der Waals surface area contributed by atoms with E-state index < -0.39 is 17.9 Å². The largest absolute Gasteiger partial charge is 0.491 e. The molecule has 2 aromatic carbocycles. The highest BCUT2D eigenvalue weighted by molar-refractivity contribution is 6.01. The molecule has 1 aromatic heterocycles. The number of nitrogens with one attached hydrogen (secondary N) is 3. The number of carbonyl (C=O) groups is 3. The maximum atomic E-state index is 13.6. The Labute approximate surface area is 249 Å². The third-order valence-electron chi connectivity index (χ3n) is 7.31. The molecule has 230 valence electrons. The van der Waals surface area contributed by atoms with Gasteiger partial charge in [-0.2, -0.15) is 0 Å². The Hall–Kier alpha value is -4.65. The van der Waals surface area contributed by atoms with Crippen LogP contribution in [0, 0.1) is 25.6 Å². The second-order valence-electron chi connectivity index (χ2n) is 10.7. The summed E-state index contributed by atoms with van der Waals surface area (Å²) < 4.78 is 30.6. The number of anilines is 3. The molecule has 0 fully saturated rings. The van der Waals surface area contributed by atoms with Crippen molar-refractivity contribution in [1.29, 1.82) is 0 Å². The van der Waals surface area contributed by atoms with Crippen molar-refractivity contribution in [2.24, 2.45) is 5.92 Å². The quantitative estimate of drug-likeness (QED) is 0.380. The summed E-state index contributed by atoms with van der Waals surface area (Å²) in [5, 5.41) is 12.1. The lowest BCUT2D eigenvalue weighted by Gasteiger charge is -2.36. The first-order chi connectivity index (χ1) is 20.5. The Morgan fingerprint density at radius 1 is 1.05 bits per heavy atom. The second-order valence-corrected chi connectivity index (χ2v) is 10.7. The third kappa shape index (κ3) is 7.60. The normalized spacial score (nSPS) is 19.4. The number of amides is 5. The zero-order valence-corrected chi connectivity index (χ0v) is 25.1. The van der Waals surface area contributed by atoms with E-state index in [1.54, 1.807) is 51.1 Å². The molecule has 2 heterocycles. The molecule has 3 atom stereocenters. The van der Waals surface area contributed by atoms with Gasteiger partial charge in [-0.25, -0.2) is 14.0 Å². The van der Waals surface area contributed by atoms with Gasteiger partial charge >= 0.3 is 12.1 Å². The molecule has 13 heteroatoms. The molecule has 0 radical (unpaired) electrons. The van der Waals surface area contributed by atoms with E-state index in [1.807, 2.05) is 13.8 Å². The van der Waals surface area contributed by atoms with Crippen LogP contribution < -0.4 is 20.7 Å². The van der Waals surface area contributed by atoms with Gasteiger partial charge in [0, 0.05) is 50.6 Å². The van der Waals surface area contributed by atoms with Crippen molar-refractivity contribution in [3.63, 3.8) is 0 Å². The van der Waals surface area contributed by atoms with Crippen molar-refractivity contribution >= 4 is 35.0 Å². The molecule has 3 N–H and O–H groups in total. The molecule has 5 amide bonds. The molecule has 0 aliphatic carbocycles. The Balaban J connectivity index is 1.60. The molecule has 0 unspecified atom stereocenters. The van der Waals surface area contributed by atoms with Gasteiger partial charge in [0.15, 0.2) is 5.76 Å².